The maximum Gasteiger partial charge on any atom is 0.407 e. The van der Waals surface area contributed by atoms with Gasteiger partial charge < -0.3 is 59.6 Å². The van der Waals surface area contributed by atoms with E-state index in [0.29, 0.717) is 59.0 Å². The lowest BCUT2D eigenvalue weighted by Gasteiger charge is -2.32. The van der Waals surface area contributed by atoms with Crippen molar-refractivity contribution in [3.05, 3.63) is 113 Å². The van der Waals surface area contributed by atoms with Crippen LogP contribution in [-0.4, -0.2) is 195 Å². The third-order valence-electron chi connectivity index (χ3n) is 17.1. The first-order valence-corrected chi connectivity index (χ1v) is 31.0. The number of hydrogen-bond acceptors (Lipinski definition) is 19. The highest BCUT2D eigenvalue weighted by atomic mass is 16.5. The third-order valence-corrected chi connectivity index (χ3v) is 17.1. The van der Waals surface area contributed by atoms with Crippen molar-refractivity contribution >= 4 is 46.9 Å². The molecule has 6 N–H and O–H groups in total. The lowest BCUT2D eigenvalue weighted by molar-refractivity contribution is -0.141. The fraction of sp³-hybridized carbons (Fsp3) is 0.507. The maximum atomic E-state index is 15.2. The standard InChI is InChI=1S/C67H87N7O16/c1-5-87-37-26-66(22-32-75,23-33-76)63(83)47-17-19-52-53-20-18-48(42-56(53)57(55(52)41-47)45-90-65(85)69-28-29-72(44-59(81)68-3)30-40-89-46(2)79)64(84)67(24-34-77,25-35-78)27-38-88-39-31-74-62-54-14-8-9-15-58(54)73(60(82)16-10-12-50(80)21-36-86-4)43-49-11-6-7-13-51(49)61(62)70-71-74/h6-9,11,13-15,17-20,41-42,57,75-78H,5,10,12,16,21-40,43-45H2,1-4H3,(H,68,81)(H,69,85). The van der Waals surface area contributed by atoms with Crippen molar-refractivity contribution in [1.29, 1.82) is 0 Å². The zero-order valence-electron chi connectivity index (χ0n) is 52.2. The summed E-state index contributed by atoms with van der Waals surface area (Å²) in [6.45, 7) is 3.64. The number of ether oxygens (including phenoxy) is 5. The number of ketones is 3. The number of alkyl carbamates (subject to hydrolysis) is 1. The maximum absolute atomic E-state index is 15.2. The van der Waals surface area contributed by atoms with E-state index in [1.165, 1.54) is 14.0 Å². The molecular weight excluding hydrogens is 1160 g/mol. The molecule has 2 heterocycles. The number of aliphatic hydroxyl groups is 4. The van der Waals surface area contributed by atoms with Gasteiger partial charge in [0, 0.05) is 145 Å². The normalized spacial score (nSPS) is 13.3. The molecule has 1 atom stereocenters. The van der Waals surface area contributed by atoms with Crippen molar-refractivity contribution in [2.45, 2.75) is 97.1 Å². The Kier molecular flexibility index (Phi) is 26.8. The summed E-state index contributed by atoms with van der Waals surface area (Å²) >= 11 is 0. The Morgan fingerprint density at radius 3 is 1.89 bits per heavy atom. The number of benzene rings is 4. The van der Waals surface area contributed by atoms with Crippen LogP contribution in [0.5, 0.6) is 0 Å². The Hall–Kier alpha value is -7.61. The summed E-state index contributed by atoms with van der Waals surface area (Å²) < 4.78 is 29.8. The van der Waals surface area contributed by atoms with Crippen LogP contribution in [0, 0.1) is 10.8 Å². The molecule has 2 aliphatic rings. The minimum Gasteiger partial charge on any atom is -0.465 e. The number of aliphatic hydroxyl groups excluding tert-OH is 4. The second-order valence-corrected chi connectivity index (χ2v) is 22.7. The van der Waals surface area contributed by atoms with Gasteiger partial charge in [-0.25, -0.2) is 9.48 Å². The number of anilines is 1. The molecule has 90 heavy (non-hydrogen) atoms. The summed E-state index contributed by atoms with van der Waals surface area (Å²) in [6, 6.07) is 25.7. The van der Waals surface area contributed by atoms with E-state index in [2.05, 4.69) is 20.9 Å². The number of nitrogens with one attached hydrogen (secondary N) is 2. The van der Waals surface area contributed by atoms with Crippen LogP contribution in [0.15, 0.2) is 84.9 Å². The molecule has 1 unspecified atom stereocenters. The number of rotatable bonds is 39. The van der Waals surface area contributed by atoms with Crippen molar-refractivity contribution in [2.24, 2.45) is 10.8 Å². The predicted octanol–water partition coefficient (Wildman–Crippen LogP) is 6.09. The number of aromatic nitrogens is 3. The molecule has 0 radical (unpaired) electrons. The highest BCUT2D eigenvalue weighted by Crippen LogP contribution is 2.48. The largest absolute Gasteiger partial charge is 0.465 e. The Morgan fingerprint density at radius 2 is 1.29 bits per heavy atom. The highest BCUT2D eigenvalue weighted by Gasteiger charge is 2.42. The number of para-hydroxylation sites is 1. The van der Waals surface area contributed by atoms with Gasteiger partial charge >= 0.3 is 12.1 Å². The van der Waals surface area contributed by atoms with Crippen LogP contribution in [0.4, 0.5) is 10.5 Å². The smallest absolute Gasteiger partial charge is 0.407 e. The SMILES string of the molecule is CCOCCC(CCO)(CCO)C(=O)c1ccc2c(c1)C(COC(=O)NCCN(CCOC(C)=O)CC(=O)NC)c1cc(C(=O)C(CCO)(CCO)CCOCCn3nnc4c3-c3ccccc3N(C(=O)CCCC(=O)CCOC)Cc3ccccc3-4)ccc1-2. The fourth-order valence-electron chi connectivity index (χ4n) is 12.2. The van der Waals surface area contributed by atoms with Gasteiger partial charge in [0.1, 0.15) is 24.7 Å². The molecule has 1 aliphatic heterocycles. The number of amides is 3. The van der Waals surface area contributed by atoms with Crippen molar-refractivity contribution < 1.29 is 77.7 Å². The van der Waals surface area contributed by atoms with E-state index in [0.717, 1.165) is 22.3 Å². The minimum atomic E-state index is -1.30. The summed E-state index contributed by atoms with van der Waals surface area (Å²) in [5, 5.41) is 56.2. The topological polar surface area (TPSA) is 308 Å². The second kappa shape index (κ2) is 34.5. The van der Waals surface area contributed by atoms with Crippen molar-refractivity contribution in [3.63, 3.8) is 0 Å². The number of hydrogen-bond donors (Lipinski definition) is 6. The van der Waals surface area contributed by atoms with E-state index in [1.807, 2.05) is 55.5 Å². The zero-order chi connectivity index (χ0) is 64.6. The summed E-state index contributed by atoms with van der Waals surface area (Å²) in [5.74, 6) is -2.22. The molecule has 7 rings (SSSR count). The van der Waals surface area contributed by atoms with Gasteiger partial charge in [-0.15, -0.1) is 5.10 Å². The van der Waals surface area contributed by atoms with Crippen LogP contribution in [0.1, 0.15) is 121 Å². The first-order valence-electron chi connectivity index (χ1n) is 31.0. The number of carbonyl (C=O) groups is 7. The monoisotopic (exact) mass is 1250 g/mol. The average Bonchev–Trinajstić information content (AvgIpc) is 1.61. The molecule has 23 nitrogen and oxygen atoms in total. The van der Waals surface area contributed by atoms with E-state index in [9.17, 15) is 49.2 Å². The highest BCUT2D eigenvalue weighted by molar-refractivity contribution is 6.04. The Labute approximate surface area is 525 Å². The van der Waals surface area contributed by atoms with Crippen LogP contribution < -0.4 is 15.5 Å². The number of fused-ring (bicyclic) bond motifs is 8. The van der Waals surface area contributed by atoms with Crippen molar-refractivity contribution in [1.82, 2.24) is 30.5 Å². The van der Waals surface area contributed by atoms with Gasteiger partial charge in [0.2, 0.25) is 11.8 Å². The second-order valence-electron chi connectivity index (χ2n) is 22.7. The Bertz CT molecular complexity index is 3250. The molecule has 1 aromatic heterocycles. The van der Waals surface area contributed by atoms with Crippen molar-refractivity contribution in [2.75, 3.05) is 118 Å². The molecule has 23 heteroatoms. The van der Waals surface area contributed by atoms with Crippen LogP contribution in [0.25, 0.3) is 33.6 Å². The van der Waals surface area contributed by atoms with E-state index < -0.39 is 28.8 Å². The lowest BCUT2D eigenvalue weighted by atomic mass is 9.72. The van der Waals surface area contributed by atoms with Gasteiger partial charge in [0.25, 0.3) is 0 Å². The molecule has 486 valence electrons. The molecule has 0 saturated carbocycles. The summed E-state index contributed by atoms with van der Waals surface area (Å²) in [5.41, 5.74) is 5.18. The molecular formula is C67H87N7O16. The fourth-order valence-corrected chi connectivity index (χ4v) is 12.2. The molecule has 3 amide bonds. The molecule has 5 aromatic rings. The van der Waals surface area contributed by atoms with Gasteiger partial charge in [-0.2, -0.15) is 0 Å². The average molecular weight is 1250 g/mol. The van der Waals surface area contributed by atoms with E-state index in [1.54, 1.807) is 58.0 Å². The van der Waals surface area contributed by atoms with E-state index in [-0.39, 0.29) is 191 Å². The summed E-state index contributed by atoms with van der Waals surface area (Å²) in [6.07, 6.45) is 0.832. The predicted molar refractivity (Wildman–Crippen MR) is 335 cm³/mol. The van der Waals surface area contributed by atoms with Crippen molar-refractivity contribution in [3.8, 4) is 33.6 Å². The Morgan fingerprint density at radius 1 is 0.678 bits per heavy atom. The minimum absolute atomic E-state index is 0.00556. The van der Waals surface area contributed by atoms with Gasteiger partial charge in [-0.3, -0.25) is 33.7 Å². The van der Waals surface area contributed by atoms with Gasteiger partial charge in [-0.1, -0.05) is 71.9 Å². The number of likely N-dealkylation sites (N-methyl/N-ethyl adjacent to an activating group) is 1. The Balaban J connectivity index is 1.12. The summed E-state index contributed by atoms with van der Waals surface area (Å²) in [7, 11) is 3.04. The molecule has 1 aliphatic carbocycles. The lowest BCUT2D eigenvalue weighted by Crippen LogP contribution is -2.42. The first kappa shape index (κ1) is 69.9. The number of nitrogens with zero attached hydrogens (tertiary/aromatic N) is 5. The van der Waals surface area contributed by atoms with Gasteiger partial charge in [0.15, 0.2) is 11.6 Å². The van der Waals surface area contributed by atoms with E-state index in [4.69, 9.17) is 23.7 Å². The molecule has 4 aromatic carbocycles. The quantitative estimate of drug-likeness (QED) is 0.0147. The molecule has 0 spiro atoms. The zero-order valence-corrected chi connectivity index (χ0v) is 52.2. The van der Waals surface area contributed by atoms with Gasteiger partial charge in [0.05, 0.1) is 44.2 Å². The van der Waals surface area contributed by atoms with Crippen LogP contribution in [-0.2, 0) is 56.0 Å². The number of esters is 1. The van der Waals surface area contributed by atoms with Crippen LogP contribution in [0.3, 0.4) is 0 Å². The van der Waals surface area contributed by atoms with E-state index >= 15 is 4.79 Å². The molecule has 0 fully saturated rings. The first-order chi connectivity index (χ1) is 43.6. The molecule has 0 saturated heterocycles. The number of Topliss-reactive ketones (excluding diaryl/α,β-unsaturated/α-hetero) is 3. The van der Waals surface area contributed by atoms with Crippen LogP contribution in [0.2, 0.25) is 0 Å². The van der Waals surface area contributed by atoms with Gasteiger partial charge in [-0.05, 0) is 97.9 Å². The molecule has 0 bridgehead atoms. The number of methoxy groups -OCH3 is 1. The summed E-state index contributed by atoms with van der Waals surface area (Å²) in [4.78, 5) is 97.3. The van der Waals surface area contributed by atoms with Crippen LogP contribution >= 0.6 is 0 Å². The number of carbonyl (C=O) groups excluding carboxylic acids is 7. The third kappa shape index (κ3) is 17.7.